The Hall–Kier alpha value is -0.650. The smallest absolute Gasteiger partial charge is 0.183 e. The largest absolute Gasteiger partial charge is 0.380 e. The van der Waals surface area contributed by atoms with E-state index < -0.39 is 0 Å². The van der Waals surface area contributed by atoms with Gasteiger partial charge >= 0.3 is 0 Å². The quantitative estimate of drug-likeness (QED) is 0.885. The average Bonchev–Trinajstić information content (AvgIpc) is 2.71. The van der Waals surface area contributed by atoms with E-state index in [1.807, 2.05) is 6.07 Å². The van der Waals surface area contributed by atoms with Crippen molar-refractivity contribution >= 4 is 44.6 Å². The summed E-state index contributed by atoms with van der Waals surface area (Å²) in [4.78, 5) is 4.96. The van der Waals surface area contributed by atoms with Crippen LogP contribution in [0.3, 0.4) is 0 Å². The van der Waals surface area contributed by atoms with Gasteiger partial charge in [-0.2, -0.15) is 0 Å². The molecule has 1 aromatic carbocycles. The number of nitrogens with one attached hydrogen (secondary N) is 1. The second kappa shape index (κ2) is 5.33. The summed E-state index contributed by atoms with van der Waals surface area (Å²) < 4.78 is 14.6. The van der Waals surface area contributed by atoms with Crippen molar-refractivity contribution < 1.29 is 4.39 Å². The summed E-state index contributed by atoms with van der Waals surface area (Å²) in [6.07, 6.45) is 1.71. The van der Waals surface area contributed by atoms with Gasteiger partial charge in [0.2, 0.25) is 0 Å². The third-order valence-corrected chi connectivity index (χ3v) is 4.04. The Labute approximate surface area is 116 Å². The summed E-state index contributed by atoms with van der Waals surface area (Å²) in [5.41, 5.74) is 1.37. The van der Waals surface area contributed by atoms with Gasteiger partial charge in [0.1, 0.15) is 5.82 Å². The molecule has 0 radical (unpaired) electrons. The van der Waals surface area contributed by atoms with Gasteiger partial charge in [-0.25, -0.2) is 9.37 Å². The second-order valence-corrected chi connectivity index (χ2v) is 6.02. The van der Waals surface area contributed by atoms with Crippen molar-refractivity contribution in [2.45, 2.75) is 13.5 Å². The van der Waals surface area contributed by atoms with Crippen LogP contribution >= 0.6 is 38.9 Å². The number of rotatable bonds is 3. The molecule has 90 valence electrons. The molecule has 1 aromatic heterocycles. The number of hydrogen-bond donors (Lipinski definition) is 1. The van der Waals surface area contributed by atoms with Crippen molar-refractivity contribution in [1.82, 2.24) is 4.98 Å². The maximum atomic E-state index is 13.6. The average molecular weight is 336 g/mol. The molecule has 2 aromatic rings. The summed E-state index contributed by atoms with van der Waals surface area (Å²) >= 11 is 10.3. The molecule has 2 rings (SSSR count). The molecule has 0 fully saturated rings. The fourth-order valence-electron chi connectivity index (χ4n) is 1.39. The highest BCUT2D eigenvalue weighted by molar-refractivity contribution is 9.10. The molecular formula is C11H9BrClFN2S. The lowest BCUT2D eigenvalue weighted by molar-refractivity contribution is 0.612. The predicted molar refractivity (Wildman–Crippen MR) is 73.3 cm³/mol. The molecule has 0 bridgehead atoms. The third kappa shape index (κ3) is 2.97. The molecule has 0 saturated carbocycles. The van der Waals surface area contributed by atoms with E-state index >= 15 is 0 Å². The van der Waals surface area contributed by atoms with E-state index in [-0.39, 0.29) is 5.82 Å². The van der Waals surface area contributed by atoms with Crippen LogP contribution in [-0.4, -0.2) is 4.98 Å². The minimum Gasteiger partial charge on any atom is -0.380 e. The van der Waals surface area contributed by atoms with E-state index in [0.717, 1.165) is 10.6 Å². The maximum absolute atomic E-state index is 13.6. The Morgan fingerprint density at radius 3 is 2.94 bits per heavy atom. The fraction of sp³-hybridized carbons (Fsp3) is 0.182. The molecule has 0 aliphatic rings. The van der Waals surface area contributed by atoms with Crippen LogP contribution in [-0.2, 0) is 6.54 Å². The summed E-state index contributed by atoms with van der Waals surface area (Å²) in [6, 6.07) is 3.52. The summed E-state index contributed by atoms with van der Waals surface area (Å²) in [5.74, 6) is -0.239. The number of nitrogens with zero attached hydrogens (tertiary/aromatic N) is 1. The number of hydrogen-bond acceptors (Lipinski definition) is 3. The van der Waals surface area contributed by atoms with Gasteiger partial charge in [-0.05, 0) is 35.0 Å². The van der Waals surface area contributed by atoms with Crippen LogP contribution in [0.1, 0.15) is 10.4 Å². The lowest BCUT2D eigenvalue weighted by Crippen LogP contribution is -2.01. The van der Waals surface area contributed by atoms with Gasteiger partial charge < -0.3 is 5.32 Å². The van der Waals surface area contributed by atoms with Crippen molar-refractivity contribution in [1.29, 1.82) is 0 Å². The normalized spacial score (nSPS) is 10.6. The fourth-order valence-corrected chi connectivity index (χ4v) is 2.74. The lowest BCUT2D eigenvalue weighted by Gasteiger charge is -2.09. The lowest BCUT2D eigenvalue weighted by atomic mass is 10.2. The SMILES string of the molecule is Cc1c(NCc2cnc(Cl)s2)ccc(Br)c1F. The van der Waals surface area contributed by atoms with Gasteiger partial charge in [0.25, 0.3) is 0 Å². The molecule has 0 aliphatic carbocycles. The molecule has 0 atom stereocenters. The van der Waals surface area contributed by atoms with Crippen molar-refractivity contribution in [2.75, 3.05) is 5.32 Å². The van der Waals surface area contributed by atoms with Crippen LogP contribution in [0.25, 0.3) is 0 Å². The molecule has 17 heavy (non-hydrogen) atoms. The van der Waals surface area contributed by atoms with E-state index in [2.05, 4.69) is 26.2 Å². The van der Waals surface area contributed by atoms with Crippen molar-refractivity contribution in [3.8, 4) is 0 Å². The molecule has 6 heteroatoms. The highest BCUT2D eigenvalue weighted by Gasteiger charge is 2.08. The molecular weight excluding hydrogens is 327 g/mol. The van der Waals surface area contributed by atoms with E-state index in [1.165, 1.54) is 11.3 Å². The molecule has 0 amide bonds. The van der Waals surface area contributed by atoms with Crippen LogP contribution < -0.4 is 5.32 Å². The molecule has 2 nitrogen and oxygen atoms in total. The Bertz CT molecular complexity index is 544. The Morgan fingerprint density at radius 2 is 2.29 bits per heavy atom. The number of anilines is 1. The van der Waals surface area contributed by atoms with Crippen LogP contribution in [0.5, 0.6) is 0 Å². The van der Waals surface area contributed by atoms with Crippen molar-refractivity contribution in [3.05, 3.63) is 43.5 Å². The number of aromatic nitrogens is 1. The molecule has 0 unspecified atom stereocenters. The molecule has 1 N–H and O–H groups in total. The van der Waals surface area contributed by atoms with E-state index in [9.17, 15) is 4.39 Å². The summed E-state index contributed by atoms with van der Waals surface area (Å²) in [5, 5.41) is 3.16. The number of benzene rings is 1. The van der Waals surface area contributed by atoms with Gasteiger partial charge in [-0.15, -0.1) is 11.3 Å². The maximum Gasteiger partial charge on any atom is 0.183 e. The number of thiazole rings is 1. The summed E-state index contributed by atoms with van der Waals surface area (Å²) in [7, 11) is 0. The summed E-state index contributed by atoms with van der Waals surface area (Å²) in [6.45, 7) is 2.33. The van der Waals surface area contributed by atoms with Crippen LogP contribution in [0.4, 0.5) is 10.1 Å². The highest BCUT2D eigenvalue weighted by atomic mass is 79.9. The minimum absolute atomic E-state index is 0.239. The zero-order chi connectivity index (χ0) is 12.4. The van der Waals surface area contributed by atoms with E-state index in [1.54, 1.807) is 19.2 Å². The van der Waals surface area contributed by atoms with Crippen LogP contribution in [0, 0.1) is 12.7 Å². The second-order valence-electron chi connectivity index (χ2n) is 3.47. The predicted octanol–water partition coefficient (Wildman–Crippen LogP) is 4.62. The first-order chi connectivity index (χ1) is 8.08. The third-order valence-electron chi connectivity index (χ3n) is 2.32. The van der Waals surface area contributed by atoms with Crippen LogP contribution in [0.15, 0.2) is 22.8 Å². The van der Waals surface area contributed by atoms with E-state index in [0.29, 0.717) is 21.0 Å². The van der Waals surface area contributed by atoms with Crippen molar-refractivity contribution in [3.63, 3.8) is 0 Å². The van der Waals surface area contributed by atoms with Gasteiger partial charge in [-0.3, -0.25) is 0 Å². The first-order valence-corrected chi connectivity index (χ1v) is 6.85. The Balaban J connectivity index is 2.12. The molecule has 0 aliphatic heterocycles. The van der Waals surface area contributed by atoms with Gasteiger partial charge in [0, 0.05) is 22.3 Å². The van der Waals surface area contributed by atoms with Gasteiger partial charge in [0.05, 0.1) is 11.0 Å². The highest BCUT2D eigenvalue weighted by Crippen LogP contribution is 2.26. The minimum atomic E-state index is -0.239. The number of halogens is 3. The molecule has 1 heterocycles. The van der Waals surface area contributed by atoms with Crippen LogP contribution in [0.2, 0.25) is 4.47 Å². The molecule has 0 spiro atoms. The van der Waals surface area contributed by atoms with Gasteiger partial charge in [0.15, 0.2) is 4.47 Å². The zero-order valence-corrected chi connectivity index (χ0v) is 12.1. The topological polar surface area (TPSA) is 24.9 Å². The van der Waals surface area contributed by atoms with E-state index in [4.69, 9.17) is 11.6 Å². The standard InChI is InChI=1S/C11H9BrClFN2S/c1-6-9(3-2-8(12)10(6)14)15-4-7-5-16-11(13)17-7/h2-3,5,15H,4H2,1H3. The zero-order valence-electron chi connectivity index (χ0n) is 8.93. The first-order valence-electron chi connectivity index (χ1n) is 4.86. The monoisotopic (exact) mass is 334 g/mol. The Morgan fingerprint density at radius 1 is 1.53 bits per heavy atom. The Kier molecular flexibility index (Phi) is 4.01. The van der Waals surface area contributed by atoms with Gasteiger partial charge in [-0.1, -0.05) is 11.6 Å². The first kappa shape index (κ1) is 12.8. The molecule has 0 saturated heterocycles. The van der Waals surface area contributed by atoms with Crippen molar-refractivity contribution in [2.24, 2.45) is 0 Å².